The Morgan fingerprint density at radius 3 is 2.31 bits per heavy atom. The number of carbonyl (C=O) groups excluding carboxylic acids is 3. The molecule has 3 atom stereocenters. The lowest BCUT2D eigenvalue weighted by Gasteiger charge is -2.23. The highest BCUT2D eigenvalue weighted by Crippen LogP contribution is 2.04. The maximum absolute atomic E-state index is 12.8. The Kier molecular flexibility index (Phi) is 11.6. The number of hydrogen-bond acceptors (Lipinski definition) is 8. The number of nitrogens with zero attached hydrogens (tertiary/aromatic N) is 2. The van der Waals surface area contributed by atoms with Crippen LogP contribution in [-0.2, 0) is 25.6 Å². The zero-order valence-electron chi connectivity index (χ0n) is 17.3. The Morgan fingerprint density at radius 1 is 1.12 bits per heavy atom. The number of thiol groups is 1. The molecule has 14 nitrogen and oxygen atoms in total. The minimum atomic E-state index is -1.27. The summed E-state index contributed by atoms with van der Waals surface area (Å²) in [4.78, 5) is 58.9. The van der Waals surface area contributed by atoms with Gasteiger partial charge in [-0.2, -0.15) is 12.6 Å². The van der Waals surface area contributed by atoms with Crippen molar-refractivity contribution in [1.29, 1.82) is 0 Å². The summed E-state index contributed by atoms with van der Waals surface area (Å²) in [5, 5.41) is 16.8. The van der Waals surface area contributed by atoms with Gasteiger partial charge in [0.2, 0.25) is 17.7 Å². The van der Waals surface area contributed by atoms with E-state index in [2.05, 4.69) is 43.5 Å². The van der Waals surface area contributed by atoms with Crippen molar-refractivity contribution in [3.05, 3.63) is 18.2 Å². The SMILES string of the molecule is NCC(=O)NC(CS)C(=O)NC(CCCN=C(N)N)C(=O)NC(Cc1cnc[nH]1)C(=O)O. The number of amides is 3. The lowest BCUT2D eigenvalue weighted by Crippen LogP contribution is -2.57. The van der Waals surface area contributed by atoms with Crippen molar-refractivity contribution < 1.29 is 24.3 Å². The number of guanidine groups is 1. The van der Waals surface area contributed by atoms with Crippen LogP contribution in [0.5, 0.6) is 0 Å². The fourth-order valence-electron chi connectivity index (χ4n) is 2.58. The molecule has 0 aliphatic heterocycles. The summed E-state index contributed by atoms with van der Waals surface area (Å²) in [5.74, 6) is -3.40. The van der Waals surface area contributed by atoms with Gasteiger partial charge in [0.15, 0.2) is 5.96 Å². The van der Waals surface area contributed by atoms with Gasteiger partial charge in [-0.05, 0) is 12.8 Å². The minimum Gasteiger partial charge on any atom is -0.480 e. The second kappa shape index (κ2) is 13.9. The molecule has 0 bridgehead atoms. The molecule has 1 aromatic heterocycles. The Balaban J connectivity index is 2.90. The molecule has 3 unspecified atom stereocenters. The highest BCUT2D eigenvalue weighted by Gasteiger charge is 2.29. The van der Waals surface area contributed by atoms with Crippen LogP contribution in [0.1, 0.15) is 18.5 Å². The van der Waals surface area contributed by atoms with E-state index in [9.17, 15) is 24.3 Å². The van der Waals surface area contributed by atoms with Gasteiger partial charge in [-0.3, -0.25) is 19.4 Å². The molecule has 0 aromatic carbocycles. The number of H-pyrrole nitrogens is 1. The third kappa shape index (κ3) is 9.65. The molecule has 0 fully saturated rings. The molecule has 0 aliphatic rings. The monoisotopic (exact) mass is 471 g/mol. The van der Waals surface area contributed by atoms with E-state index in [4.69, 9.17) is 17.2 Å². The Labute approximate surface area is 189 Å². The zero-order chi connectivity index (χ0) is 24.1. The molecule has 1 aromatic rings. The Morgan fingerprint density at radius 2 is 1.78 bits per heavy atom. The van der Waals surface area contributed by atoms with Gasteiger partial charge in [-0.15, -0.1) is 0 Å². The third-order valence-corrected chi connectivity index (χ3v) is 4.56. The summed E-state index contributed by atoms with van der Waals surface area (Å²) < 4.78 is 0. The molecule has 178 valence electrons. The summed E-state index contributed by atoms with van der Waals surface area (Å²) >= 11 is 4.03. The van der Waals surface area contributed by atoms with Crippen LogP contribution in [-0.4, -0.2) is 81.7 Å². The number of aromatic nitrogens is 2. The van der Waals surface area contributed by atoms with Crippen LogP contribution in [0, 0.1) is 0 Å². The van der Waals surface area contributed by atoms with Crippen molar-refractivity contribution in [1.82, 2.24) is 25.9 Å². The molecule has 0 spiro atoms. The quantitative estimate of drug-likeness (QED) is 0.0563. The van der Waals surface area contributed by atoms with E-state index in [0.29, 0.717) is 12.1 Å². The molecule has 0 saturated heterocycles. The van der Waals surface area contributed by atoms with Gasteiger partial charge >= 0.3 is 5.97 Å². The van der Waals surface area contributed by atoms with E-state index in [0.717, 1.165) is 0 Å². The summed E-state index contributed by atoms with van der Waals surface area (Å²) in [7, 11) is 0. The van der Waals surface area contributed by atoms with E-state index in [-0.39, 0.29) is 37.6 Å². The van der Waals surface area contributed by atoms with E-state index in [1.54, 1.807) is 0 Å². The van der Waals surface area contributed by atoms with E-state index in [1.165, 1.54) is 12.5 Å². The van der Waals surface area contributed by atoms with E-state index in [1.807, 2.05) is 0 Å². The molecule has 0 aliphatic carbocycles. The van der Waals surface area contributed by atoms with Crippen LogP contribution < -0.4 is 33.2 Å². The fourth-order valence-corrected chi connectivity index (χ4v) is 2.84. The maximum atomic E-state index is 12.8. The number of nitrogens with one attached hydrogen (secondary N) is 4. The van der Waals surface area contributed by atoms with Crippen LogP contribution in [0.4, 0.5) is 0 Å². The van der Waals surface area contributed by atoms with E-state index < -0.39 is 41.8 Å². The van der Waals surface area contributed by atoms with Gasteiger partial charge in [-0.1, -0.05) is 0 Å². The second-order valence-corrected chi connectivity index (χ2v) is 7.06. The first-order valence-corrected chi connectivity index (χ1v) is 10.3. The minimum absolute atomic E-state index is 0.0401. The third-order valence-electron chi connectivity index (χ3n) is 4.19. The number of imidazole rings is 1. The largest absolute Gasteiger partial charge is 0.480 e. The maximum Gasteiger partial charge on any atom is 0.326 e. The van der Waals surface area contributed by atoms with Crippen molar-refractivity contribution in [3.8, 4) is 0 Å². The lowest BCUT2D eigenvalue weighted by molar-refractivity contribution is -0.142. The number of rotatable bonds is 14. The summed E-state index contributed by atoms with van der Waals surface area (Å²) in [5.41, 5.74) is 16.3. The first-order chi connectivity index (χ1) is 15.2. The average Bonchev–Trinajstić information content (AvgIpc) is 3.25. The van der Waals surface area contributed by atoms with Gasteiger partial charge in [-0.25, -0.2) is 9.78 Å². The second-order valence-electron chi connectivity index (χ2n) is 6.70. The van der Waals surface area contributed by atoms with Crippen molar-refractivity contribution in [2.24, 2.45) is 22.2 Å². The Hall–Kier alpha value is -3.33. The highest BCUT2D eigenvalue weighted by atomic mass is 32.1. The van der Waals surface area contributed by atoms with Gasteiger partial charge < -0.3 is 43.2 Å². The van der Waals surface area contributed by atoms with Crippen molar-refractivity contribution in [2.45, 2.75) is 37.4 Å². The fraction of sp³-hybridized carbons (Fsp3) is 0.529. The van der Waals surface area contributed by atoms with Gasteiger partial charge in [0.1, 0.15) is 18.1 Å². The molecule has 11 N–H and O–H groups in total. The molecule has 0 saturated carbocycles. The van der Waals surface area contributed by atoms with Crippen molar-refractivity contribution in [2.75, 3.05) is 18.8 Å². The Bertz CT molecular complexity index is 798. The number of aromatic amines is 1. The number of carboxylic acids is 1. The first kappa shape index (κ1) is 26.7. The zero-order valence-corrected chi connectivity index (χ0v) is 18.2. The van der Waals surface area contributed by atoms with Crippen LogP contribution >= 0.6 is 12.6 Å². The van der Waals surface area contributed by atoms with Gasteiger partial charge in [0.05, 0.1) is 12.9 Å². The molecule has 15 heteroatoms. The summed E-state index contributed by atoms with van der Waals surface area (Å²) in [6.45, 7) is -0.133. The number of aliphatic imine (C=N–C) groups is 1. The number of carboxylic acid groups (broad SMARTS) is 1. The number of aliphatic carboxylic acids is 1. The molecule has 1 heterocycles. The number of hydrogen-bond donors (Lipinski definition) is 9. The predicted octanol–water partition coefficient (Wildman–Crippen LogP) is -3.57. The highest BCUT2D eigenvalue weighted by molar-refractivity contribution is 7.80. The van der Waals surface area contributed by atoms with Crippen LogP contribution in [0.3, 0.4) is 0 Å². The smallest absolute Gasteiger partial charge is 0.326 e. The summed E-state index contributed by atoms with van der Waals surface area (Å²) in [6.07, 6.45) is 3.20. The average molecular weight is 472 g/mol. The molecule has 32 heavy (non-hydrogen) atoms. The van der Waals surface area contributed by atoms with Gasteiger partial charge in [0.25, 0.3) is 0 Å². The molecule has 3 amide bonds. The van der Waals surface area contributed by atoms with Gasteiger partial charge in [0, 0.05) is 30.6 Å². The standard InChI is InChI=1S/C17H29N9O5S/c18-5-13(27)24-12(7-32)15(29)25-10(2-1-3-22-17(19)20)14(28)26-11(16(30)31)4-9-6-21-8-23-9/h6,8,10-12,32H,1-5,7,18H2,(H,21,23)(H,24,27)(H,25,29)(H,26,28)(H,30,31)(H4,19,20,22). The number of nitrogens with two attached hydrogens (primary N) is 3. The van der Waals surface area contributed by atoms with Crippen molar-refractivity contribution in [3.63, 3.8) is 0 Å². The molecular weight excluding hydrogens is 442 g/mol. The van der Waals surface area contributed by atoms with Crippen molar-refractivity contribution >= 4 is 42.3 Å². The van der Waals surface area contributed by atoms with Crippen LogP contribution in [0.25, 0.3) is 0 Å². The normalized spacial score (nSPS) is 13.3. The van der Waals surface area contributed by atoms with Crippen LogP contribution in [0.2, 0.25) is 0 Å². The lowest BCUT2D eigenvalue weighted by atomic mass is 10.1. The predicted molar refractivity (Wildman–Crippen MR) is 119 cm³/mol. The molecule has 0 radical (unpaired) electrons. The molecule has 1 rings (SSSR count). The first-order valence-electron chi connectivity index (χ1n) is 9.64. The topological polar surface area (TPSA) is 244 Å². The van der Waals surface area contributed by atoms with Crippen LogP contribution in [0.15, 0.2) is 17.5 Å². The molecular formula is C17H29N9O5S. The summed E-state index contributed by atoms with van der Waals surface area (Å²) in [6, 6.07) is -3.42. The van der Waals surface area contributed by atoms with E-state index >= 15 is 0 Å². The number of carbonyl (C=O) groups is 4.